The molecule has 2 aromatic rings. The highest BCUT2D eigenvalue weighted by Gasteiger charge is 2.04. The van der Waals surface area contributed by atoms with Crippen molar-refractivity contribution in [1.29, 1.82) is 0 Å². The third-order valence-corrected chi connectivity index (χ3v) is 3.52. The van der Waals surface area contributed by atoms with E-state index in [-0.39, 0.29) is 5.91 Å². The Balaban J connectivity index is 1.88. The average molecular weight is 272 g/mol. The molecule has 0 aliphatic carbocycles. The summed E-state index contributed by atoms with van der Waals surface area (Å²) in [5.74, 6) is 0.357. The van der Waals surface area contributed by atoms with Gasteiger partial charge in [-0.2, -0.15) is 0 Å². The van der Waals surface area contributed by atoms with Crippen molar-refractivity contribution in [3.63, 3.8) is 0 Å². The van der Waals surface area contributed by atoms with E-state index in [1.54, 1.807) is 0 Å². The number of carbonyl (C=O) groups excluding carboxylic acids is 1. The predicted molar refractivity (Wildman–Crippen MR) is 81.4 cm³/mol. The Bertz CT molecular complexity index is 584. The van der Waals surface area contributed by atoms with Crippen LogP contribution < -0.4 is 11.1 Å². The molecule has 0 unspecified atom stereocenters. The smallest absolute Gasteiger partial charge is 0.234 e. The number of anilines is 2. The molecule has 0 aromatic heterocycles. The van der Waals surface area contributed by atoms with Gasteiger partial charge in [0.25, 0.3) is 0 Å². The van der Waals surface area contributed by atoms with Gasteiger partial charge >= 0.3 is 0 Å². The number of nitrogen functional groups attached to an aromatic ring is 1. The van der Waals surface area contributed by atoms with Gasteiger partial charge in [0.1, 0.15) is 0 Å². The van der Waals surface area contributed by atoms with Crippen LogP contribution in [0, 0.1) is 6.92 Å². The van der Waals surface area contributed by atoms with Crippen LogP contribution in [0.3, 0.4) is 0 Å². The summed E-state index contributed by atoms with van der Waals surface area (Å²) in [5, 5.41) is 2.88. The lowest BCUT2D eigenvalue weighted by molar-refractivity contribution is -0.113. The van der Waals surface area contributed by atoms with Crippen molar-refractivity contribution in [2.75, 3.05) is 16.8 Å². The lowest BCUT2D eigenvalue weighted by Gasteiger charge is -2.06. The summed E-state index contributed by atoms with van der Waals surface area (Å²) in [4.78, 5) is 12.8. The molecule has 0 heterocycles. The fraction of sp³-hybridized carbons (Fsp3) is 0.133. The van der Waals surface area contributed by atoms with E-state index < -0.39 is 0 Å². The molecule has 1 amide bonds. The first-order chi connectivity index (χ1) is 9.13. The minimum absolute atomic E-state index is 0.0157. The fourth-order valence-electron chi connectivity index (χ4n) is 1.67. The monoisotopic (exact) mass is 272 g/mol. The van der Waals surface area contributed by atoms with Crippen LogP contribution in [-0.4, -0.2) is 11.7 Å². The van der Waals surface area contributed by atoms with E-state index in [4.69, 9.17) is 5.73 Å². The summed E-state index contributed by atoms with van der Waals surface area (Å²) in [6.45, 7) is 2.00. The number of carbonyl (C=O) groups is 1. The minimum atomic E-state index is -0.0157. The van der Waals surface area contributed by atoms with E-state index in [2.05, 4.69) is 5.32 Å². The molecule has 2 rings (SSSR count). The van der Waals surface area contributed by atoms with E-state index in [1.165, 1.54) is 11.8 Å². The zero-order chi connectivity index (χ0) is 13.7. The molecule has 4 heteroatoms. The molecule has 2 aromatic carbocycles. The SMILES string of the molecule is Cc1cccc(NC(=O)CSc2cccc(N)c2)c1. The van der Waals surface area contributed by atoms with Gasteiger partial charge in [0.15, 0.2) is 0 Å². The molecular formula is C15H16N2OS. The van der Waals surface area contributed by atoms with Gasteiger partial charge in [0.2, 0.25) is 5.91 Å². The lowest BCUT2D eigenvalue weighted by atomic mass is 10.2. The van der Waals surface area contributed by atoms with Crippen LogP contribution in [0.4, 0.5) is 11.4 Å². The Morgan fingerprint density at radius 3 is 2.74 bits per heavy atom. The second-order valence-corrected chi connectivity index (χ2v) is 5.33. The van der Waals surface area contributed by atoms with Gasteiger partial charge in [0, 0.05) is 16.3 Å². The standard InChI is InChI=1S/C15H16N2OS/c1-11-4-2-6-13(8-11)17-15(18)10-19-14-7-3-5-12(16)9-14/h2-9H,10,16H2,1H3,(H,17,18). The average Bonchev–Trinajstić information content (AvgIpc) is 2.36. The maximum absolute atomic E-state index is 11.8. The molecule has 3 N–H and O–H groups in total. The van der Waals surface area contributed by atoms with Crippen molar-refractivity contribution in [2.45, 2.75) is 11.8 Å². The summed E-state index contributed by atoms with van der Waals surface area (Å²) in [7, 11) is 0. The molecule has 0 radical (unpaired) electrons. The van der Waals surface area contributed by atoms with Crippen LogP contribution in [0.15, 0.2) is 53.4 Å². The van der Waals surface area contributed by atoms with Crippen LogP contribution in [0.5, 0.6) is 0 Å². The first kappa shape index (κ1) is 13.5. The molecule has 0 aliphatic heterocycles. The van der Waals surface area contributed by atoms with Crippen LogP contribution in [0.25, 0.3) is 0 Å². The number of nitrogens with one attached hydrogen (secondary N) is 1. The Morgan fingerprint density at radius 2 is 2.00 bits per heavy atom. The Labute approximate surface area is 117 Å². The van der Waals surface area contributed by atoms with Crippen molar-refractivity contribution in [3.05, 3.63) is 54.1 Å². The topological polar surface area (TPSA) is 55.1 Å². The summed E-state index contributed by atoms with van der Waals surface area (Å²) in [5.41, 5.74) is 8.36. The number of rotatable bonds is 4. The van der Waals surface area contributed by atoms with Crippen molar-refractivity contribution in [2.24, 2.45) is 0 Å². The van der Waals surface area contributed by atoms with Crippen molar-refractivity contribution in [3.8, 4) is 0 Å². The second-order valence-electron chi connectivity index (χ2n) is 4.28. The quantitative estimate of drug-likeness (QED) is 0.663. The fourth-order valence-corrected chi connectivity index (χ4v) is 2.44. The third kappa shape index (κ3) is 4.34. The molecular weight excluding hydrogens is 256 g/mol. The number of thioether (sulfide) groups is 1. The summed E-state index contributed by atoms with van der Waals surface area (Å²) >= 11 is 1.47. The van der Waals surface area contributed by atoms with Crippen LogP contribution in [0.1, 0.15) is 5.56 Å². The number of amides is 1. The zero-order valence-corrected chi connectivity index (χ0v) is 11.5. The summed E-state index contributed by atoms with van der Waals surface area (Å²) in [6.07, 6.45) is 0. The van der Waals surface area contributed by atoms with Gasteiger partial charge < -0.3 is 11.1 Å². The van der Waals surface area contributed by atoms with E-state index in [0.717, 1.165) is 16.1 Å². The molecule has 98 valence electrons. The van der Waals surface area contributed by atoms with Crippen molar-refractivity contribution in [1.82, 2.24) is 0 Å². The third-order valence-electron chi connectivity index (χ3n) is 2.53. The molecule has 0 saturated heterocycles. The molecule has 0 spiro atoms. The molecule has 3 nitrogen and oxygen atoms in total. The van der Waals surface area contributed by atoms with Crippen molar-refractivity contribution < 1.29 is 4.79 Å². The first-order valence-electron chi connectivity index (χ1n) is 5.98. The molecule has 0 bridgehead atoms. The lowest BCUT2D eigenvalue weighted by Crippen LogP contribution is -2.13. The second kappa shape index (κ2) is 6.29. The molecule has 0 fully saturated rings. The highest BCUT2D eigenvalue weighted by molar-refractivity contribution is 8.00. The maximum Gasteiger partial charge on any atom is 0.234 e. The van der Waals surface area contributed by atoms with Gasteiger partial charge in [0.05, 0.1) is 5.75 Å². The van der Waals surface area contributed by atoms with E-state index >= 15 is 0 Å². The number of benzene rings is 2. The van der Waals surface area contributed by atoms with Gasteiger partial charge in [-0.05, 0) is 42.8 Å². The molecule has 0 atom stereocenters. The van der Waals surface area contributed by atoms with E-state index in [1.807, 2.05) is 55.5 Å². The van der Waals surface area contributed by atoms with Gasteiger partial charge in [-0.15, -0.1) is 11.8 Å². The van der Waals surface area contributed by atoms with Crippen molar-refractivity contribution >= 4 is 29.0 Å². The van der Waals surface area contributed by atoms with E-state index in [9.17, 15) is 4.79 Å². The summed E-state index contributed by atoms with van der Waals surface area (Å²) in [6, 6.07) is 15.3. The van der Waals surface area contributed by atoms with Crippen LogP contribution in [0.2, 0.25) is 0 Å². The van der Waals surface area contributed by atoms with Gasteiger partial charge in [-0.25, -0.2) is 0 Å². The molecule has 0 aliphatic rings. The highest BCUT2D eigenvalue weighted by Crippen LogP contribution is 2.20. The van der Waals surface area contributed by atoms with E-state index in [0.29, 0.717) is 11.4 Å². The number of hydrogen-bond acceptors (Lipinski definition) is 3. The largest absolute Gasteiger partial charge is 0.399 e. The number of hydrogen-bond donors (Lipinski definition) is 2. The predicted octanol–water partition coefficient (Wildman–Crippen LogP) is 3.31. The first-order valence-corrected chi connectivity index (χ1v) is 6.97. The van der Waals surface area contributed by atoms with Gasteiger partial charge in [-0.3, -0.25) is 4.79 Å². The maximum atomic E-state index is 11.8. The highest BCUT2D eigenvalue weighted by atomic mass is 32.2. The normalized spacial score (nSPS) is 10.2. The van der Waals surface area contributed by atoms with Crippen LogP contribution >= 0.6 is 11.8 Å². The zero-order valence-electron chi connectivity index (χ0n) is 10.7. The Hall–Kier alpha value is -1.94. The minimum Gasteiger partial charge on any atom is -0.399 e. The Morgan fingerprint density at radius 1 is 1.21 bits per heavy atom. The number of aryl methyl sites for hydroxylation is 1. The van der Waals surface area contributed by atoms with Crippen LogP contribution in [-0.2, 0) is 4.79 Å². The van der Waals surface area contributed by atoms with Gasteiger partial charge in [-0.1, -0.05) is 18.2 Å². The summed E-state index contributed by atoms with van der Waals surface area (Å²) < 4.78 is 0. The number of nitrogens with two attached hydrogens (primary N) is 1. The molecule has 19 heavy (non-hydrogen) atoms. The Kier molecular flexibility index (Phi) is 4.47. The molecule has 0 saturated carbocycles.